The van der Waals surface area contributed by atoms with Gasteiger partial charge in [0.25, 0.3) is 11.6 Å². The summed E-state index contributed by atoms with van der Waals surface area (Å²) in [5, 5.41) is 22.8. The van der Waals surface area contributed by atoms with Crippen molar-refractivity contribution >= 4 is 23.4 Å². The number of ether oxygens (including phenoxy) is 2. The zero-order valence-corrected chi connectivity index (χ0v) is 15.2. The van der Waals surface area contributed by atoms with E-state index < -0.39 is 10.8 Å². The molecular formula is C20H17N3O5. The van der Waals surface area contributed by atoms with E-state index in [-0.39, 0.29) is 11.3 Å². The SMILES string of the molecule is COc1ccc(NC(=O)/C(C#N)=C/C=C/c2ccccc2[N+](=O)[O-])cc1OC. The molecule has 142 valence electrons. The number of anilines is 1. The molecule has 0 saturated heterocycles. The summed E-state index contributed by atoms with van der Waals surface area (Å²) < 4.78 is 10.3. The van der Waals surface area contributed by atoms with Gasteiger partial charge in [-0.05, 0) is 30.4 Å². The van der Waals surface area contributed by atoms with Gasteiger partial charge in [0, 0.05) is 17.8 Å². The maximum absolute atomic E-state index is 12.3. The number of para-hydroxylation sites is 1. The summed E-state index contributed by atoms with van der Waals surface area (Å²) in [5.41, 5.74) is 0.554. The molecule has 0 unspecified atom stereocenters. The maximum atomic E-state index is 12.3. The Labute approximate surface area is 161 Å². The molecule has 0 atom stereocenters. The Morgan fingerprint density at radius 2 is 1.89 bits per heavy atom. The van der Waals surface area contributed by atoms with Crippen molar-refractivity contribution in [2.24, 2.45) is 0 Å². The van der Waals surface area contributed by atoms with Crippen LogP contribution in [-0.4, -0.2) is 25.1 Å². The first-order valence-electron chi connectivity index (χ1n) is 8.05. The van der Waals surface area contributed by atoms with E-state index in [1.165, 1.54) is 38.5 Å². The summed E-state index contributed by atoms with van der Waals surface area (Å²) in [6, 6.07) is 12.8. The van der Waals surface area contributed by atoms with E-state index in [1.807, 2.05) is 0 Å². The summed E-state index contributed by atoms with van der Waals surface area (Å²) in [6.07, 6.45) is 4.15. The molecule has 0 aromatic heterocycles. The van der Waals surface area contributed by atoms with Gasteiger partial charge in [0.1, 0.15) is 11.6 Å². The molecule has 2 aromatic carbocycles. The minimum Gasteiger partial charge on any atom is -0.493 e. The zero-order chi connectivity index (χ0) is 20.5. The van der Waals surface area contributed by atoms with Crippen LogP contribution in [0.4, 0.5) is 11.4 Å². The molecule has 0 radical (unpaired) electrons. The van der Waals surface area contributed by atoms with Gasteiger partial charge in [-0.25, -0.2) is 0 Å². The highest BCUT2D eigenvalue weighted by atomic mass is 16.6. The first-order valence-corrected chi connectivity index (χ1v) is 8.05. The lowest BCUT2D eigenvalue weighted by molar-refractivity contribution is -0.385. The van der Waals surface area contributed by atoms with Crippen molar-refractivity contribution in [2.75, 3.05) is 19.5 Å². The van der Waals surface area contributed by atoms with Gasteiger partial charge >= 0.3 is 0 Å². The molecular weight excluding hydrogens is 362 g/mol. The van der Waals surface area contributed by atoms with Gasteiger partial charge in [-0.1, -0.05) is 18.2 Å². The Kier molecular flexibility index (Phi) is 6.88. The van der Waals surface area contributed by atoms with E-state index in [4.69, 9.17) is 9.47 Å². The van der Waals surface area contributed by atoms with Crippen LogP contribution in [0.3, 0.4) is 0 Å². The Morgan fingerprint density at radius 3 is 2.54 bits per heavy atom. The molecule has 0 saturated carbocycles. The molecule has 0 fully saturated rings. The second-order valence-corrected chi connectivity index (χ2v) is 5.39. The molecule has 0 heterocycles. The highest BCUT2D eigenvalue weighted by molar-refractivity contribution is 6.07. The number of benzene rings is 2. The fourth-order valence-corrected chi connectivity index (χ4v) is 2.32. The molecule has 0 aliphatic rings. The maximum Gasteiger partial charge on any atom is 0.276 e. The Bertz CT molecular complexity index is 990. The summed E-state index contributed by atoms with van der Waals surface area (Å²) in [4.78, 5) is 22.8. The van der Waals surface area contributed by atoms with Crippen LogP contribution >= 0.6 is 0 Å². The van der Waals surface area contributed by atoms with Gasteiger partial charge in [0.2, 0.25) is 0 Å². The van der Waals surface area contributed by atoms with E-state index in [1.54, 1.807) is 42.5 Å². The van der Waals surface area contributed by atoms with Crippen molar-refractivity contribution in [2.45, 2.75) is 0 Å². The van der Waals surface area contributed by atoms with Crippen LogP contribution in [-0.2, 0) is 4.79 Å². The molecule has 28 heavy (non-hydrogen) atoms. The van der Waals surface area contributed by atoms with E-state index in [9.17, 15) is 20.2 Å². The number of allylic oxidation sites excluding steroid dienone is 2. The number of nitrogens with zero attached hydrogens (tertiary/aromatic N) is 2. The quantitative estimate of drug-likeness (QED) is 0.258. The average Bonchev–Trinajstić information content (AvgIpc) is 2.71. The predicted octanol–water partition coefficient (Wildman–Crippen LogP) is 3.71. The lowest BCUT2D eigenvalue weighted by Crippen LogP contribution is -2.13. The lowest BCUT2D eigenvalue weighted by atomic mass is 10.1. The smallest absolute Gasteiger partial charge is 0.276 e. The highest BCUT2D eigenvalue weighted by Crippen LogP contribution is 2.29. The number of amides is 1. The first kappa shape index (κ1) is 20.2. The third kappa shape index (κ3) is 4.95. The number of hydrogen-bond acceptors (Lipinski definition) is 6. The van der Waals surface area contributed by atoms with Gasteiger partial charge in [-0.3, -0.25) is 14.9 Å². The van der Waals surface area contributed by atoms with Crippen LogP contribution in [0.1, 0.15) is 5.56 Å². The molecule has 8 nitrogen and oxygen atoms in total. The minimum atomic E-state index is -0.623. The number of rotatable bonds is 7. The van der Waals surface area contributed by atoms with Crippen molar-refractivity contribution in [1.29, 1.82) is 5.26 Å². The van der Waals surface area contributed by atoms with Gasteiger partial charge in [-0.15, -0.1) is 0 Å². The average molecular weight is 379 g/mol. The topological polar surface area (TPSA) is 114 Å². The van der Waals surface area contributed by atoms with Gasteiger partial charge in [-0.2, -0.15) is 5.26 Å². The molecule has 2 aromatic rings. The van der Waals surface area contributed by atoms with Crippen LogP contribution < -0.4 is 14.8 Å². The molecule has 0 aliphatic carbocycles. The van der Waals surface area contributed by atoms with Gasteiger partial charge in [0.15, 0.2) is 11.5 Å². The van der Waals surface area contributed by atoms with Crippen LogP contribution in [0, 0.1) is 21.4 Å². The van der Waals surface area contributed by atoms with Crippen molar-refractivity contribution < 1.29 is 19.2 Å². The van der Waals surface area contributed by atoms with Crippen LogP contribution in [0.15, 0.2) is 60.2 Å². The van der Waals surface area contributed by atoms with Gasteiger partial charge in [0.05, 0.1) is 24.7 Å². The summed E-state index contributed by atoms with van der Waals surface area (Å²) in [6.45, 7) is 0. The van der Waals surface area contributed by atoms with E-state index in [0.29, 0.717) is 22.7 Å². The molecule has 0 spiro atoms. The van der Waals surface area contributed by atoms with E-state index in [2.05, 4.69) is 5.32 Å². The monoisotopic (exact) mass is 379 g/mol. The van der Waals surface area contributed by atoms with Gasteiger partial charge < -0.3 is 14.8 Å². The molecule has 1 amide bonds. The largest absolute Gasteiger partial charge is 0.493 e. The number of nitro groups is 1. The van der Waals surface area contributed by atoms with Crippen LogP contribution in [0.2, 0.25) is 0 Å². The summed E-state index contributed by atoms with van der Waals surface area (Å²) >= 11 is 0. The second kappa shape index (κ2) is 9.54. The second-order valence-electron chi connectivity index (χ2n) is 5.39. The zero-order valence-electron chi connectivity index (χ0n) is 15.2. The Morgan fingerprint density at radius 1 is 1.18 bits per heavy atom. The predicted molar refractivity (Wildman–Crippen MR) is 104 cm³/mol. The number of nitriles is 1. The molecule has 2 rings (SSSR count). The number of hydrogen-bond donors (Lipinski definition) is 1. The first-order chi connectivity index (χ1) is 13.5. The molecule has 8 heteroatoms. The lowest BCUT2D eigenvalue weighted by Gasteiger charge is -2.10. The Balaban J connectivity index is 2.18. The van der Waals surface area contributed by atoms with E-state index in [0.717, 1.165) is 0 Å². The van der Waals surface area contributed by atoms with Crippen molar-refractivity contribution in [3.63, 3.8) is 0 Å². The molecule has 0 aliphatic heterocycles. The van der Waals surface area contributed by atoms with Crippen molar-refractivity contribution in [3.05, 3.63) is 75.9 Å². The Hall–Kier alpha value is -4.12. The fourth-order valence-electron chi connectivity index (χ4n) is 2.32. The van der Waals surface area contributed by atoms with Crippen LogP contribution in [0.25, 0.3) is 6.08 Å². The molecule has 1 N–H and O–H groups in total. The number of carbonyl (C=O) groups is 1. The van der Waals surface area contributed by atoms with Crippen molar-refractivity contribution in [1.82, 2.24) is 0 Å². The number of nitrogens with one attached hydrogen (secondary N) is 1. The third-order valence-electron chi connectivity index (χ3n) is 3.68. The number of carbonyl (C=O) groups excluding carboxylic acids is 1. The highest BCUT2D eigenvalue weighted by Gasteiger charge is 2.12. The molecule has 0 bridgehead atoms. The van der Waals surface area contributed by atoms with E-state index >= 15 is 0 Å². The van der Waals surface area contributed by atoms with Crippen molar-refractivity contribution in [3.8, 4) is 17.6 Å². The summed E-state index contributed by atoms with van der Waals surface area (Å²) in [5.74, 6) is 0.310. The standard InChI is InChI=1S/C20H17N3O5/c1-27-18-11-10-16(12-19(18)28-2)22-20(24)15(13-21)8-5-7-14-6-3-4-9-17(14)23(25)26/h3-12H,1-2H3,(H,22,24)/b7-5+,15-8+. The number of nitro benzene ring substituents is 1. The third-order valence-corrected chi connectivity index (χ3v) is 3.68. The fraction of sp³-hybridized carbons (Fsp3) is 0.100. The summed E-state index contributed by atoms with van der Waals surface area (Å²) in [7, 11) is 2.97. The van der Waals surface area contributed by atoms with Crippen LogP contribution in [0.5, 0.6) is 11.5 Å². The minimum absolute atomic E-state index is 0.0690. The normalized spacial score (nSPS) is 11.0. The number of methoxy groups -OCH3 is 2.